The van der Waals surface area contributed by atoms with Crippen LogP contribution >= 0.6 is 0 Å². The quantitative estimate of drug-likeness (QED) is 0.284. The molecule has 2 aromatic rings. The number of amides is 2. The highest BCUT2D eigenvalue weighted by molar-refractivity contribution is 5.77. The molecular weight excluding hydrogens is 533 g/mol. The predicted molar refractivity (Wildman–Crippen MR) is 128 cm³/mol. The molecule has 0 unspecified atom stereocenters. The number of benzene rings is 2. The van der Waals surface area contributed by atoms with Gasteiger partial charge in [-0.15, -0.1) is 0 Å². The molecule has 5 nitrogen and oxygen atoms in total. The van der Waals surface area contributed by atoms with Gasteiger partial charge in [-0.1, -0.05) is 6.07 Å². The smallest absolute Gasteiger partial charge is 0.416 e. The molecule has 1 saturated heterocycles. The van der Waals surface area contributed by atoms with Gasteiger partial charge in [0.05, 0.1) is 35.7 Å². The topological polar surface area (TPSA) is 49.9 Å². The van der Waals surface area contributed by atoms with Crippen LogP contribution in [0, 0.1) is 18.7 Å². The second-order valence-electron chi connectivity index (χ2n) is 9.59. The summed E-state index contributed by atoms with van der Waals surface area (Å²) >= 11 is 0. The van der Waals surface area contributed by atoms with Crippen LogP contribution in [-0.4, -0.2) is 42.0 Å². The lowest BCUT2D eigenvalue weighted by Crippen LogP contribution is -2.48. The SMILES string of the molecule is CCOC(=O)[C@H]1CCN(C(=O)N(C)[C@@H](C)c2cc(C(F)(F)F)cc(C(F)(F)F)c2)[C@@H](c2ccc(F)cc2C)C1. The van der Waals surface area contributed by atoms with Gasteiger partial charge in [0.25, 0.3) is 0 Å². The summed E-state index contributed by atoms with van der Waals surface area (Å²) in [6, 6.07) is 2.68. The first-order valence-electron chi connectivity index (χ1n) is 12.3. The molecule has 214 valence electrons. The van der Waals surface area contributed by atoms with E-state index in [-0.39, 0.29) is 37.6 Å². The van der Waals surface area contributed by atoms with Crippen molar-refractivity contribution in [3.8, 4) is 0 Å². The maximum absolute atomic E-state index is 13.8. The van der Waals surface area contributed by atoms with Crippen molar-refractivity contribution in [2.45, 2.75) is 58.0 Å². The van der Waals surface area contributed by atoms with Crippen molar-refractivity contribution in [1.29, 1.82) is 0 Å². The third kappa shape index (κ3) is 6.83. The lowest BCUT2D eigenvalue weighted by atomic mass is 9.85. The van der Waals surface area contributed by atoms with Crippen molar-refractivity contribution >= 4 is 12.0 Å². The molecule has 3 rings (SSSR count). The van der Waals surface area contributed by atoms with Crippen LogP contribution in [0.5, 0.6) is 0 Å². The molecule has 0 aromatic heterocycles. The van der Waals surface area contributed by atoms with Crippen molar-refractivity contribution in [3.63, 3.8) is 0 Å². The highest BCUT2D eigenvalue weighted by Crippen LogP contribution is 2.40. The first-order chi connectivity index (χ1) is 18.0. The Bertz CT molecular complexity index is 1180. The Kier molecular flexibility index (Phi) is 8.86. The maximum atomic E-state index is 13.8. The molecule has 0 aliphatic carbocycles. The summed E-state index contributed by atoms with van der Waals surface area (Å²) in [7, 11) is 1.28. The van der Waals surface area contributed by atoms with Crippen molar-refractivity contribution in [1.82, 2.24) is 9.80 Å². The Labute approximate surface area is 221 Å². The van der Waals surface area contributed by atoms with Crippen LogP contribution in [0.4, 0.5) is 35.5 Å². The highest BCUT2D eigenvalue weighted by atomic mass is 19.4. The standard InChI is InChI=1S/C27H29F7N2O3/c1-5-39-24(37)17-8-9-36(23(13-17)22-7-6-21(28)10-15(22)2)25(38)35(4)16(3)18-11-19(26(29,30)31)14-20(12-18)27(32,33)34/h6-7,10-12,14,16-17,23H,5,8-9,13H2,1-4H3/t16-,17-,23+/m0/s1. The van der Waals surface area contributed by atoms with Gasteiger partial charge in [0.1, 0.15) is 5.82 Å². The van der Waals surface area contributed by atoms with E-state index in [0.29, 0.717) is 23.3 Å². The third-order valence-electron chi connectivity index (χ3n) is 7.03. The van der Waals surface area contributed by atoms with E-state index in [1.807, 2.05) is 0 Å². The molecule has 3 atom stereocenters. The second-order valence-corrected chi connectivity index (χ2v) is 9.59. The van der Waals surface area contributed by atoms with Gasteiger partial charge in [0.2, 0.25) is 0 Å². The summed E-state index contributed by atoms with van der Waals surface area (Å²) < 4.78 is 99.3. The summed E-state index contributed by atoms with van der Waals surface area (Å²) in [6.45, 7) is 4.86. The van der Waals surface area contributed by atoms with Crippen LogP contribution in [0.1, 0.15) is 66.6 Å². The third-order valence-corrected chi connectivity index (χ3v) is 7.03. The number of aryl methyl sites for hydroxylation is 1. The number of piperidine rings is 1. The second kappa shape index (κ2) is 11.4. The van der Waals surface area contributed by atoms with E-state index < -0.39 is 59.3 Å². The summed E-state index contributed by atoms with van der Waals surface area (Å²) in [5, 5.41) is 0. The minimum atomic E-state index is -5.03. The molecule has 1 aliphatic heterocycles. The zero-order chi connectivity index (χ0) is 29.3. The molecule has 1 heterocycles. The number of likely N-dealkylation sites (tertiary alicyclic amines) is 1. The molecule has 0 radical (unpaired) electrons. The van der Waals surface area contributed by atoms with Gasteiger partial charge in [-0.05, 0) is 80.6 Å². The van der Waals surface area contributed by atoms with Gasteiger partial charge in [0, 0.05) is 13.6 Å². The molecule has 1 fully saturated rings. The van der Waals surface area contributed by atoms with Crippen LogP contribution < -0.4 is 0 Å². The van der Waals surface area contributed by atoms with Gasteiger partial charge in [-0.2, -0.15) is 26.3 Å². The van der Waals surface area contributed by atoms with Crippen molar-refractivity contribution in [2.24, 2.45) is 5.92 Å². The highest BCUT2D eigenvalue weighted by Gasteiger charge is 2.40. The Morgan fingerprint density at radius 1 is 1.05 bits per heavy atom. The van der Waals surface area contributed by atoms with E-state index >= 15 is 0 Å². The molecule has 2 amide bonds. The number of nitrogens with zero attached hydrogens (tertiary/aromatic N) is 2. The van der Waals surface area contributed by atoms with E-state index in [1.54, 1.807) is 13.8 Å². The van der Waals surface area contributed by atoms with E-state index in [1.165, 1.54) is 37.1 Å². The summed E-state index contributed by atoms with van der Waals surface area (Å²) in [5.41, 5.74) is -2.21. The number of ether oxygens (including phenoxy) is 1. The number of carbonyl (C=O) groups excluding carboxylic acids is 2. The first kappa shape index (κ1) is 30.2. The Morgan fingerprint density at radius 2 is 1.64 bits per heavy atom. The normalized spacial score (nSPS) is 19.0. The van der Waals surface area contributed by atoms with E-state index in [9.17, 15) is 40.3 Å². The number of alkyl halides is 6. The zero-order valence-electron chi connectivity index (χ0n) is 21.8. The molecule has 12 heteroatoms. The number of halogens is 7. The maximum Gasteiger partial charge on any atom is 0.416 e. The monoisotopic (exact) mass is 562 g/mol. The number of urea groups is 1. The Hall–Kier alpha value is -3.31. The van der Waals surface area contributed by atoms with Gasteiger partial charge in [0.15, 0.2) is 0 Å². The van der Waals surface area contributed by atoms with Crippen LogP contribution in [0.15, 0.2) is 36.4 Å². The summed E-state index contributed by atoms with van der Waals surface area (Å²) in [4.78, 5) is 28.6. The molecule has 0 N–H and O–H groups in total. The van der Waals surface area contributed by atoms with Crippen LogP contribution in [-0.2, 0) is 21.9 Å². The van der Waals surface area contributed by atoms with Gasteiger partial charge in [-0.25, -0.2) is 9.18 Å². The van der Waals surface area contributed by atoms with Crippen molar-refractivity contribution < 1.29 is 45.1 Å². The molecule has 39 heavy (non-hydrogen) atoms. The summed E-state index contributed by atoms with van der Waals surface area (Å²) in [6.07, 6.45) is -9.66. The fraction of sp³-hybridized carbons (Fsp3) is 0.481. The lowest BCUT2D eigenvalue weighted by molar-refractivity contribution is -0.150. The minimum absolute atomic E-state index is 0.0333. The van der Waals surface area contributed by atoms with E-state index in [0.717, 1.165) is 4.90 Å². The van der Waals surface area contributed by atoms with Crippen molar-refractivity contribution in [3.05, 3.63) is 70.0 Å². The van der Waals surface area contributed by atoms with Crippen LogP contribution in [0.25, 0.3) is 0 Å². The Morgan fingerprint density at radius 3 is 2.15 bits per heavy atom. The van der Waals surface area contributed by atoms with Crippen molar-refractivity contribution in [2.75, 3.05) is 20.2 Å². The zero-order valence-corrected chi connectivity index (χ0v) is 21.8. The molecule has 2 aromatic carbocycles. The molecular formula is C27H29F7N2O3. The fourth-order valence-corrected chi connectivity index (χ4v) is 4.79. The number of hydrogen-bond acceptors (Lipinski definition) is 3. The largest absolute Gasteiger partial charge is 0.466 e. The predicted octanol–water partition coefficient (Wildman–Crippen LogP) is 7.30. The number of esters is 1. The first-order valence-corrected chi connectivity index (χ1v) is 12.3. The van der Waals surface area contributed by atoms with Gasteiger partial charge >= 0.3 is 24.4 Å². The molecule has 0 saturated carbocycles. The molecule has 1 aliphatic rings. The fourth-order valence-electron chi connectivity index (χ4n) is 4.79. The minimum Gasteiger partial charge on any atom is -0.466 e. The van der Waals surface area contributed by atoms with E-state index in [4.69, 9.17) is 4.74 Å². The molecule has 0 spiro atoms. The number of rotatable bonds is 5. The average molecular weight is 563 g/mol. The number of hydrogen-bond donors (Lipinski definition) is 0. The van der Waals surface area contributed by atoms with Crippen LogP contribution in [0.2, 0.25) is 0 Å². The summed E-state index contributed by atoms with van der Waals surface area (Å²) in [5.74, 6) is -1.49. The lowest BCUT2D eigenvalue weighted by Gasteiger charge is -2.42. The van der Waals surface area contributed by atoms with Crippen LogP contribution in [0.3, 0.4) is 0 Å². The number of carbonyl (C=O) groups is 2. The van der Waals surface area contributed by atoms with Gasteiger partial charge in [-0.3, -0.25) is 4.79 Å². The van der Waals surface area contributed by atoms with Gasteiger partial charge < -0.3 is 14.5 Å². The average Bonchev–Trinajstić information content (AvgIpc) is 2.86. The Balaban J connectivity index is 1.97. The molecule has 0 bridgehead atoms. The van der Waals surface area contributed by atoms with E-state index in [2.05, 4.69) is 0 Å².